The number of amides is 1. The van der Waals surface area contributed by atoms with E-state index in [9.17, 15) is 4.79 Å². The molecule has 0 radical (unpaired) electrons. The second kappa shape index (κ2) is 8.40. The number of aromatic nitrogens is 1. The quantitative estimate of drug-likeness (QED) is 0.467. The summed E-state index contributed by atoms with van der Waals surface area (Å²) in [6.07, 6.45) is 5.16. The molecule has 3 aromatic heterocycles. The minimum atomic E-state index is -0.00245. The number of pyridine rings is 1. The number of carbonyl (C=O) groups excluding carboxylic acids is 1. The van der Waals surface area contributed by atoms with E-state index in [-0.39, 0.29) is 11.9 Å². The molecule has 1 amide bonds. The zero-order chi connectivity index (χ0) is 21.2. The summed E-state index contributed by atoms with van der Waals surface area (Å²) in [5.74, 6) is 1.44. The minimum Gasteiger partial charge on any atom is -0.467 e. The second-order valence-electron chi connectivity index (χ2n) is 8.10. The van der Waals surface area contributed by atoms with Gasteiger partial charge in [-0.05, 0) is 69.4 Å². The van der Waals surface area contributed by atoms with Crippen molar-refractivity contribution in [1.29, 1.82) is 0 Å². The van der Waals surface area contributed by atoms with Crippen LogP contribution in [-0.4, -0.2) is 46.9 Å². The average Bonchev–Trinajstić information content (AvgIpc) is 3.51. The first-order valence-corrected chi connectivity index (χ1v) is 10.6. The minimum absolute atomic E-state index is 0.00245. The fraction of sp³-hybridized carbons (Fsp3) is 0.280. The van der Waals surface area contributed by atoms with Crippen molar-refractivity contribution >= 4 is 16.8 Å². The molecule has 0 bridgehead atoms. The SMILES string of the molecule is CN1CCC(N(Cc2ccco2)C(=O)c2cc(-c3ccco3)nc3ccccc23)CC1. The van der Waals surface area contributed by atoms with Crippen molar-refractivity contribution in [3.63, 3.8) is 0 Å². The van der Waals surface area contributed by atoms with Gasteiger partial charge in [0.1, 0.15) is 11.5 Å². The van der Waals surface area contributed by atoms with E-state index >= 15 is 0 Å². The number of hydrogen-bond donors (Lipinski definition) is 0. The van der Waals surface area contributed by atoms with Crippen LogP contribution in [0.3, 0.4) is 0 Å². The zero-order valence-corrected chi connectivity index (χ0v) is 17.5. The molecule has 6 heteroatoms. The molecule has 0 unspecified atom stereocenters. The second-order valence-corrected chi connectivity index (χ2v) is 8.10. The molecule has 4 heterocycles. The number of likely N-dealkylation sites (tertiary alicyclic amines) is 1. The number of piperidine rings is 1. The molecule has 1 fully saturated rings. The van der Waals surface area contributed by atoms with Crippen molar-refractivity contribution in [3.8, 4) is 11.5 Å². The summed E-state index contributed by atoms with van der Waals surface area (Å²) in [7, 11) is 2.13. The Labute approximate surface area is 181 Å². The molecule has 1 aliphatic heterocycles. The summed E-state index contributed by atoms with van der Waals surface area (Å²) in [6, 6.07) is 17.3. The molecule has 6 nitrogen and oxygen atoms in total. The first-order valence-electron chi connectivity index (χ1n) is 10.6. The molecule has 0 saturated carbocycles. The van der Waals surface area contributed by atoms with Gasteiger partial charge in [-0.1, -0.05) is 18.2 Å². The van der Waals surface area contributed by atoms with Crippen LogP contribution in [0.5, 0.6) is 0 Å². The number of furan rings is 2. The molecular formula is C25H25N3O3. The number of hydrogen-bond acceptors (Lipinski definition) is 5. The molecule has 0 spiro atoms. The van der Waals surface area contributed by atoms with Crippen molar-refractivity contribution in [2.45, 2.75) is 25.4 Å². The van der Waals surface area contributed by atoms with E-state index < -0.39 is 0 Å². The lowest BCUT2D eigenvalue weighted by molar-refractivity contribution is 0.0552. The first-order chi connectivity index (χ1) is 15.2. The van der Waals surface area contributed by atoms with Crippen LogP contribution in [0.2, 0.25) is 0 Å². The highest BCUT2D eigenvalue weighted by Gasteiger charge is 2.30. The third-order valence-corrected chi connectivity index (χ3v) is 6.02. The fourth-order valence-corrected chi connectivity index (χ4v) is 4.30. The summed E-state index contributed by atoms with van der Waals surface area (Å²) < 4.78 is 11.2. The Bertz CT molecular complexity index is 1160. The van der Waals surface area contributed by atoms with Crippen LogP contribution in [0.4, 0.5) is 0 Å². The van der Waals surface area contributed by atoms with Crippen LogP contribution in [0.1, 0.15) is 29.0 Å². The highest BCUT2D eigenvalue weighted by Crippen LogP contribution is 2.28. The molecular weight excluding hydrogens is 390 g/mol. The molecule has 1 saturated heterocycles. The van der Waals surface area contributed by atoms with Gasteiger partial charge in [0.15, 0.2) is 5.76 Å². The number of rotatable bonds is 5. The van der Waals surface area contributed by atoms with Crippen molar-refractivity contribution in [2.24, 2.45) is 0 Å². The summed E-state index contributed by atoms with van der Waals surface area (Å²) >= 11 is 0. The lowest BCUT2D eigenvalue weighted by atomic mass is 10.00. The predicted octanol–water partition coefficient (Wildman–Crippen LogP) is 4.82. The van der Waals surface area contributed by atoms with Gasteiger partial charge < -0.3 is 18.6 Å². The molecule has 5 rings (SSSR count). The number of carbonyl (C=O) groups is 1. The van der Waals surface area contributed by atoms with Gasteiger partial charge in [0.05, 0.1) is 30.2 Å². The Morgan fingerprint density at radius 2 is 1.84 bits per heavy atom. The van der Waals surface area contributed by atoms with E-state index in [1.807, 2.05) is 59.5 Å². The standard InChI is InChI=1S/C25H25N3O3/c1-27-12-10-18(11-13-27)28(17-19-6-4-14-30-19)25(29)21-16-23(24-9-5-15-31-24)26-22-8-3-2-7-20(21)22/h2-9,14-16,18H,10-13,17H2,1H3. The van der Waals surface area contributed by atoms with Crippen molar-refractivity contribution in [2.75, 3.05) is 20.1 Å². The van der Waals surface area contributed by atoms with Crippen LogP contribution in [-0.2, 0) is 6.54 Å². The molecule has 1 aromatic carbocycles. The number of benzene rings is 1. The van der Waals surface area contributed by atoms with Crippen molar-refractivity contribution < 1.29 is 13.6 Å². The Hall–Kier alpha value is -3.38. The van der Waals surface area contributed by atoms with Gasteiger partial charge in [-0.3, -0.25) is 4.79 Å². The van der Waals surface area contributed by atoms with Crippen molar-refractivity contribution in [1.82, 2.24) is 14.8 Å². The number of para-hydroxylation sites is 1. The van der Waals surface area contributed by atoms with Gasteiger partial charge in [-0.25, -0.2) is 4.98 Å². The van der Waals surface area contributed by atoms with Gasteiger partial charge in [0.25, 0.3) is 5.91 Å². The number of fused-ring (bicyclic) bond motifs is 1. The Kier molecular flexibility index (Phi) is 5.30. The fourth-order valence-electron chi connectivity index (χ4n) is 4.30. The molecule has 0 atom stereocenters. The zero-order valence-electron chi connectivity index (χ0n) is 17.5. The van der Waals surface area contributed by atoms with Crippen LogP contribution >= 0.6 is 0 Å². The highest BCUT2D eigenvalue weighted by atomic mass is 16.3. The topological polar surface area (TPSA) is 62.7 Å². The Morgan fingerprint density at radius 3 is 2.58 bits per heavy atom. The maximum Gasteiger partial charge on any atom is 0.255 e. The average molecular weight is 415 g/mol. The molecule has 4 aromatic rings. The van der Waals surface area contributed by atoms with E-state index in [1.54, 1.807) is 12.5 Å². The van der Waals surface area contributed by atoms with Crippen LogP contribution in [0, 0.1) is 0 Å². The van der Waals surface area contributed by atoms with Gasteiger partial charge in [-0.2, -0.15) is 0 Å². The van der Waals surface area contributed by atoms with Gasteiger partial charge in [-0.15, -0.1) is 0 Å². The van der Waals surface area contributed by atoms with E-state index in [0.717, 1.165) is 42.6 Å². The summed E-state index contributed by atoms with van der Waals surface area (Å²) in [5.41, 5.74) is 2.08. The van der Waals surface area contributed by atoms with Gasteiger partial charge in [0.2, 0.25) is 0 Å². The third-order valence-electron chi connectivity index (χ3n) is 6.02. The first kappa shape index (κ1) is 19.6. The van der Waals surface area contributed by atoms with Crippen LogP contribution in [0.25, 0.3) is 22.4 Å². The van der Waals surface area contributed by atoms with Crippen molar-refractivity contribution in [3.05, 3.63) is 78.4 Å². The summed E-state index contributed by atoms with van der Waals surface area (Å²) in [6.45, 7) is 2.40. The Morgan fingerprint density at radius 1 is 1.06 bits per heavy atom. The molecule has 31 heavy (non-hydrogen) atoms. The summed E-state index contributed by atoms with van der Waals surface area (Å²) in [5, 5.41) is 0.847. The van der Waals surface area contributed by atoms with Gasteiger partial charge >= 0.3 is 0 Å². The van der Waals surface area contributed by atoms with Crippen LogP contribution in [0.15, 0.2) is 76.0 Å². The lowest BCUT2D eigenvalue weighted by Gasteiger charge is -2.37. The van der Waals surface area contributed by atoms with E-state index in [1.165, 1.54) is 0 Å². The maximum absolute atomic E-state index is 14.0. The monoisotopic (exact) mass is 415 g/mol. The molecule has 0 aliphatic carbocycles. The maximum atomic E-state index is 14.0. The van der Waals surface area contributed by atoms with E-state index in [2.05, 4.69) is 11.9 Å². The molecule has 1 aliphatic rings. The molecule has 0 N–H and O–H groups in total. The largest absolute Gasteiger partial charge is 0.467 e. The molecule has 158 valence electrons. The third kappa shape index (κ3) is 3.99. The van der Waals surface area contributed by atoms with Gasteiger partial charge in [0, 0.05) is 11.4 Å². The highest BCUT2D eigenvalue weighted by molar-refractivity contribution is 6.07. The summed E-state index contributed by atoms with van der Waals surface area (Å²) in [4.78, 5) is 23.0. The normalized spacial score (nSPS) is 15.4. The number of nitrogens with zero attached hydrogens (tertiary/aromatic N) is 3. The predicted molar refractivity (Wildman–Crippen MR) is 119 cm³/mol. The van der Waals surface area contributed by atoms with E-state index in [4.69, 9.17) is 13.8 Å². The Balaban J connectivity index is 1.58. The van der Waals surface area contributed by atoms with Crippen LogP contribution < -0.4 is 0 Å². The lowest BCUT2D eigenvalue weighted by Crippen LogP contribution is -2.46. The van der Waals surface area contributed by atoms with E-state index in [0.29, 0.717) is 23.6 Å². The smallest absolute Gasteiger partial charge is 0.255 e.